The fraction of sp³-hybridized carbons (Fsp3) is 0.160. The number of benzene rings is 1. The summed E-state index contributed by atoms with van der Waals surface area (Å²) in [5, 5.41) is 14.0. The normalized spacial score (nSPS) is 20.5. The molecule has 0 spiro atoms. The van der Waals surface area contributed by atoms with Gasteiger partial charge in [0.1, 0.15) is 17.4 Å². The Balaban J connectivity index is 1.62. The lowest BCUT2D eigenvalue weighted by molar-refractivity contribution is 0.231. The molecule has 0 saturated carbocycles. The van der Waals surface area contributed by atoms with Crippen LogP contribution in [0.2, 0.25) is 0 Å². The molecule has 0 fully saturated rings. The van der Waals surface area contributed by atoms with Gasteiger partial charge >= 0.3 is 0 Å². The van der Waals surface area contributed by atoms with Gasteiger partial charge in [-0.3, -0.25) is 4.90 Å². The first kappa shape index (κ1) is 19.8. The van der Waals surface area contributed by atoms with Crippen molar-refractivity contribution >= 4 is 28.7 Å². The number of hydrogen-bond donors (Lipinski definition) is 1. The number of nitrogens with zero attached hydrogens (tertiary/aromatic N) is 2. The summed E-state index contributed by atoms with van der Waals surface area (Å²) in [5.41, 5.74) is 10.1. The zero-order valence-corrected chi connectivity index (χ0v) is 18.5. The quantitative estimate of drug-likeness (QED) is 0.581. The Kier molecular flexibility index (Phi) is 5.47. The Morgan fingerprint density at radius 3 is 2.58 bits per heavy atom. The molecule has 1 atom stereocenters. The molecule has 4 nitrogen and oxygen atoms in total. The van der Waals surface area contributed by atoms with Crippen LogP contribution in [0.5, 0.6) is 0 Å². The van der Waals surface area contributed by atoms with Crippen LogP contribution in [0.25, 0.3) is 6.08 Å². The van der Waals surface area contributed by atoms with Crippen molar-refractivity contribution in [2.45, 2.75) is 12.5 Å². The van der Waals surface area contributed by atoms with Gasteiger partial charge in [-0.1, -0.05) is 42.5 Å². The van der Waals surface area contributed by atoms with Gasteiger partial charge in [0.2, 0.25) is 5.88 Å². The predicted octanol–water partition coefficient (Wildman–Crippen LogP) is 5.47. The molecular formula is C25H21N3OS2. The van der Waals surface area contributed by atoms with Crippen LogP contribution in [-0.4, -0.2) is 18.0 Å². The SMILES string of the molecule is N#CC1=C(N)OC2=C(CN(Cc3cccs3)C/C2=C\c2ccccc2)[C@@H]1c1cccs1. The lowest BCUT2D eigenvalue weighted by Crippen LogP contribution is -2.37. The van der Waals surface area contributed by atoms with Gasteiger partial charge in [-0.05, 0) is 34.5 Å². The minimum atomic E-state index is -0.168. The summed E-state index contributed by atoms with van der Waals surface area (Å²) >= 11 is 3.42. The van der Waals surface area contributed by atoms with Crippen molar-refractivity contribution in [1.29, 1.82) is 5.26 Å². The molecule has 4 heterocycles. The number of thiophene rings is 2. The molecule has 5 rings (SSSR count). The molecule has 3 aromatic rings. The third-order valence-corrected chi connectivity index (χ3v) is 7.33. The van der Waals surface area contributed by atoms with Crippen molar-refractivity contribution < 1.29 is 4.74 Å². The number of ether oxygens (including phenoxy) is 1. The summed E-state index contributed by atoms with van der Waals surface area (Å²) in [4.78, 5) is 4.86. The van der Waals surface area contributed by atoms with Crippen LogP contribution in [0.15, 0.2) is 93.7 Å². The van der Waals surface area contributed by atoms with E-state index in [2.05, 4.69) is 52.8 Å². The second-order valence-electron chi connectivity index (χ2n) is 7.60. The summed E-state index contributed by atoms with van der Waals surface area (Å²) in [5.74, 6) is 0.866. The standard InChI is InChI=1S/C25H21N3OS2/c26-13-20-23(22-9-5-11-31-22)21-16-28(15-19-8-4-10-30-19)14-18(24(21)29-25(20)27)12-17-6-2-1-3-7-17/h1-12,23H,14-16,27H2/b18-12+/t23-/m1/s1. The molecule has 0 unspecified atom stereocenters. The third kappa shape index (κ3) is 3.96. The van der Waals surface area contributed by atoms with E-state index in [1.54, 1.807) is 22.7 Å². The van der Waals surface area contributed by atoms with E-state index in [1.165, 1.54) is 4.88 Å². The maximum Gasteiger partial charge on any atom is 0.205 e. The van der Waals surface area contributed by atoms with Crippen LogP contribution in [-0.2, 0) is 11.3 Å². The maximum atomic E-state index is 9.88. The lowest BCUT2D eigenvalue weighted by atomic mass is 9.83. The first-order valence-corrected chi connectivity index (χ1v) is 11.8. The smallest absolute Gasteiger partial charge is 0.205 e. The van der Waals surface area contributed by atoms with Crippen LogP contribution in [0.1, 0.15) is 21.2 Å². The Labute approximate surface area is 189 Å². The van der Waals surface area contributed by atoms with Crippen LogP contribution >= 0.6 is 22.7 Å². The molecule has 1 aromatic carbocycles. The van der Waals surface area contributed by atoms with Crippen LogP contribution < -0.4 is 5.73 Å². The average Bonchev–Trinajstić information content (AvgIpc) is 3.48. The molecule has 0 aliphatic carbocycles. The van der Waals surface area contributed by atoms with E-state index in [4.69, 9.17) is 10.5 Å². The van der Waals surface area contributed by atoms with Gasteiger partial charge < -0.3 is 10.5 Å². The highest BCUT2D eigenvalue weighted by atomic mass is 32.1. The van der Waals surface area contributed by atoms with Gasteiger partial charge in [-0.2, -0.15) is 5.26 Å². The van der Waals surface area contributed by atoms with E-state index < -0.39 is 0 Å². The molecule has 2 aliphatic rings. The summed E-state index contributed by atoms with van der Waals surface area (Å²) in [6.07, 6.45) is 2.17. The molecule has 0 saturated heterocycles. The monoisotopic (exact) mass is 443 g/mol. The van der Waals surface area contributed by atoms with Crippen LogP contribution in [0, 0.1) is 11.3 Å². The van der Waals surface area contributed by atoms with Crippen molar-refractivity contribution in [3.05, 3.63) is 109 Å². The summed E-state index contributed by atoms with van der Waals surface area (Å²) in [6.45, 7) is 2.36. The van der Waals surface area contributed by atoms with E-state index in [9.17, 15) is 5.26 Å². The first-order chi connectivity index (χ1) is 15.2. The maximum absolute atomic E-state index is 9.88. The molecular weight excluding hydrogens is 422 g/mol. The van der Waals surface area contributed by atoms with Crippen molar-refractivity contribution in [2.24, 2.45) is 5.73 Å². The number of rotatable bonds is 4. The minimum Gasteiger partial charge on any atom is -0.440 e. The highest BCUT2D eigenvalue weighted by Crippen LogP contribution is 2.45. The van der Waals surface area contributed by atoms with Crippen LogP contribution in [0.3, 0.4) is 0 Å². The van der Waals surface area contributed by atoms with Gasteiger partial charge in [-0.15, -0.1) is 22.7 Å². The molecule has 6 heteroatoms. The number of nitriles is 1. The summed E-state index contributed by atoms with van der Waals surface area (Å²) in [6, 6.07) is 20.9. The molecule has 0 bridgehead atoms. The van der Waals surface area contributed by atoms with E-state index in [-0.39, 0.29) is 11.8 Å². The van der Waals surface area contributed by atoms with Gasteiger partial charge in [-0.25, -0.2) is 0 Å². The first-order valence-electron chi connectivity index (χ1n) is 10.1. The molecule has 31 heavy (non-hydrogen) atoms. The predicted molar refractivity (Wildman–Crippen MR) is 126 cm³/mol. The van der Waals surface area contributed by atoms with Crippen molar-refractivity contribution in [3.8, 4) is 6.07 Å². The van der Waals surface area contributed by atoms with E-state index in [0.29, 0.717) is 5.57 Å². The molecule has 0 radical (unpaired) electrons. The summed E-state index contributed by atoms with van der Waals surface area (Å²) < 4.78 is 6.12. The summed E-state index contributed by atoms with van der Waals surface area (Å²) in [7, 11) is 0. The van der Waals surface area contributed by atoms with E-state index in [0.717, 1.165) is 47.0 Å². The minimum absolute atomic E-state index is 0.168. The topological polar surface area (TPSA) is 62.3 Å². The zero-order chi connectivity index (χ0) is 21.2. The second-order valence-corrected chi connectivity index (χ2v) is 9.61. The van der Waals surface area contributed by atoms with Crippen molar-refractivity contribution in [1.82, 2.24) is 4.90 Å². The van der Waals surface area contributed by atoms with Gasteiger partial charge in [0.15, 0.2) is 0 Å². The molecule has 0 amide bonds. The zero-order valence-electron chi connectivity index (χ0n) is 16.8. The van der Waals surface area contributed by atoms with E-state index in [1.807, 2.05) is 29.6 Å². The van der Waals surface area contributed by atoms with Crippen molar-refractivity contribution in [2.75, 3.05) is 13.1 Å². The largest absolute Gasteiger partial charge is 0.440 e. The number of hydrogen-bond acceptors (Lipinski definition) is 6. The fourth-order valence-corrected chi connectivity index (χ4v) is 5.82. The fourth-order valence-electron chi connectivity index (χ4n) is 4.21. The third-order valence-electron chi connectivity index (χ3n) is 5.53. The average molecular weight is 444 g/mol. The number of allylic oxidation sites excluding steroid dienone is 1. The lowest BCUT2D eigenvalue weighted by Gasteiger charge is -2.37. The Hall–Kier alpha value is -3.11. The van der Waals surface area contributed by atoms with Gasteiger partial charge in [0.05, 0.1) is 5.92 Å². The second kappa shape index (κ2) is 8.56. The van der Waals surface area contributed by atoms with Gasteiger partial charge in [0.25, 0.3) is 0 Å². The highest BCUT2D eigenvalue weighted by Gasteiger charge is 2.38. The number of nitrogens with two attached hydrogens (primary N) is 1. The Morgan fingerprint density at radius 1 is 1.06 bits per heavy atom. The molecule has 2 aliphatic heterocycles. The Morgan fingerprint density at radius 2 is 1.87 bits per heavy atom. The van der Waals surface area contributed by atoms with Crippen molar-refractivity contribution in [3.63, 3.8) is 0 Å². The van der Waals surface area contributed by atoms with E-state index >= 15 is 0 Å². The highest BCUT2D eigenvalue weighted by molar-refractivity contribution is 7.10. The molecule has 2 N–H and O–H groups in total. The Bertz CT molecular complexity index is 1200. The van der Waals surface area contributed by atoms with Gasteiger partial charge in [0, 0.05) is 40.5 Å². The molecule has 2 aromatic heterocycles. The molecule has 154 valence electrons. The van der Waals surface area contributed by atoms with Crippen LogP contribution in [0.4, 0.5) is 0 Å².